The number of benzene rings is 1. The molecule has 0 unspecified atom stereocenters. The predicted molar refractivity (Wildman–Crippen MR) is 108 cm³/mol. The first-order chi connectivity index (χ1) is 13.4. The highest BCUT2D eigenvalue weighted by Gasteiger charge is 2.21. The number of anilines is 2. The van der Waals surface area contributed by atoms with Gasteiger partial charge in [-0.1, -0.05) is 19.9 Å². The third-order valence-corrected chi connectivity index (χ3v) is 5.19. The van der Waals surface area contributed by atoms with Crippen LogP contribution in [0.5, 0.6) is 0 Å². The van der Waals surface area contributed by atoms with Gasteiger partial charge in [0.25, 0.3) is 0 Å². The summed E-state index contributed by atoms with van der Waals surface area (Å²) in [6.45, 7) is 6.19. The van der Waals surface area contributed by atoms with Crippen molar-refractivity contribution in [1.82, 2.24) is 9.97 Å². The van der Waals surface area contributed by atoms with E-state index < -0.39 is 5.97 Å². The van der Waals surface area contributed by atoms with E-state index in [1.165, 1.54) is 24.8 Å². The Morgan fingerprint density at radius 2 is 2.00 bits per heavy atom. The third kappa shape index (κ3) is 4.12. The lowest BCUT2D eigenvalue weighted by Crippen LogP contribution is -2.09. The van der Waals surface area contributed by atoms with E-state index in [-0.39, 0.29) is 11.9 Å². The molecule has 1 N–H and O–H groups in total. The molecule has 0 amide bonds. The summed E-state index contributed by atoms with van der Waals surface area (Å²) in [7, 11) is 1.34. The van der Waals surface area contributed by atoms with Gasteiger partial charge in [-0.15, -0.1) is 11.3 Å². The van der Waals surface area contributed by atoms with Gasteiger partial charge in [0.2, 0.25) is 0 Å². The number of nitrogens with one attached hydrogen (secondary N) is 1. The van der Waals surface area contributed by atoms with Crippen LogP contribution in [0.2, 0.25) is 0 Å². The van der Waals surface area contributed by atoms with Crippen molar-refractivity contribution in [3.05, 3.63) is 46.6 Å². The highest BCUT2D eigenvalue weighted by molar-refractivity contribution is 7.20. The summed E-state index contributed by atoms with van der Waals surface area (Å²) >= 11 is 1.28. The monoisotopic (exact) mass is 399 g/mol. The van der Waals surface area contributed by atoms with Gasteiger partial charge in [0.15, 0.2) is 0 Å². The zero-order valence-corrected chi connectivity index (χ0v) is 16.9. The molecule has 0 atom stereocenters. The van der Waals surface area contributed by atoms with Crippen molar-refractivity contribution < 1.29 is 19.1 Å². The van der Waals surface area contributed by atoms with Crippen molar-refractivity contribution in [1.29, 1.82) is 0 Å². The Balaban J connectivity index is 1.95. The van der Waals surface area contributed by atoms with E-state index in [9.17, 15) is 9.59 Å². The van der Waals surface area contributed by atoms with E-state index in [2.05, 4.69) is 15.3 Å². The van der Waals surface area contributed by atoms with Crippen LogP contribution in [-0.4, -0.2) is 35.6 Å². The topological polar surface area (TPSA) is 90.4 Å². The molecule has 0 saturated carbocycles. The van der Waals surface area contributed by atoms with Gasteiger partial charge in [-0.25, -0.2) is 19.6 Å². The van der Waals surface area contributed by atoms with Crippen LogP contribution < -0.4 is 5.32 Å². The van der Waals surface area contributed by atoms with Gasteiger partial charge in [0, 0.05) is 5.69 Å². The summed E-state index contributed by atoms with van der Waals surface area (Å²) in [6, 6.07) is 6.92. The van der Waals surface area contributed by atoms with Crippen molar-refractivity contribution in [2.24, 2.45) is 5.92 Å². The van der Waals surface area contributed by atoms with Crippen LogP contribution in [0.15, 0.2) is 30.6 Å². The Bertz CT molecular complexity index is 1030. The number of carbonyl (C=O) groups is 2. The van der Waals surface area contributed by atoms with Crippen molar-refractivity contribution in [2.75, 3.05) is 19.0 Å². The molecule has 2 aromatic heterocycles. The molecule has 28 heavy (non-hydrogen) atoms. The minimum absolute atomic E-state index is 0.262. The largest absolute Gasteiger partial charge is 0.465 e. The Morgan fingerprint density at radius 3 is 2.71 bits per heavy atom. The summed E-state index contributed by atoms with van der Waals surface area (Å²) in [4.78, 5) is 34.0. The van der Waals surface area contributed by atoms with Crippen molar-refractivity contribution in [2.45, 2.75) is 20.8 Å². The fourth-order valence-electron chi connectivity index (χ4n) is 2.65. The van der Waals surface area contributed by atoms with Crippen molar-refractivity contribution >= 4 is 45.0 Å². The molecular weight excluding hydrogens is 378 g/mol. The van der Waals surface area contributed by atoms with Crippen molar-refractivity contribution in [3.63, 3.8) is 0 Å². The first-order valence-electron chi connectivity index (χ1n) is 8.77. The second-order valence-corrected chi connectivity index (χ2v) is 7.65. The fraction of sp³-hybridized carbons (Fsp3) is 0.300. The number of nitrogens with zero attached hydrogens (tertiary/aromatic N) is 2. The number of aromatic nitrogens is 2. The van der Waals surface area contributed by atoms with E-state index in [1.54, 1.807) is 18.2 Å². The number of fused-ring (bicyclic) bond motifs is 1. The number of carbonyl (C=O) groups excluding carboxylic acids is 2. The van der Waals surface area contributed by atoms with Crippen molar-refractivity contribution in [3.8, 4) is 0 Å². The lowest BCUT2D eigenvalue weighted by atomic mass is 10.1. The molecule has 146 valence electrons. The number of hydrogen-bond donors (Lipinski definition) is 1. The molecule has 0 spiro atoms. The second kappa shape index (κ2) is 8.35. The van der Waals surface area contributed by atoms with Gasteiger partial charge in [-0.05, 0) is 36.6 Å². The molecule has 0 fully saturated rings. The van der Waals surface area contributed by atoms with Gasteiger partial charge in [0.1, 0.15) is 21.9 Å². The highest BCUT2D eigenvalue weighted by atomic mass is 32.1. The number of esters is 2. The van der Waals surface area contributed by atoms with Crippen LogP contribution in [0.1, 0.15) is 39.4 Å². The Hall–Kier alpha value is -3.00. The summed E-state index contributed by atoms with van der Waals surface area (Å²) in [5.74, 6) is 0.0487. The number of hydrogen-bond acceptors (Lipinski definition) is 8. The molecule has 0 aliphatic rings. The standard InChI is InChI=1S/C20H21N3O4S/c1-11(2)9-27-20(25)16-12(3)15-17(21-10-22-18(15)28-16)23-14-7-5-6-13(8-14)19(24)26-4/h5-8,10-11H,9H2,1-4H3,(H,21,22,23). The zero-order valence-electron chi connectivity index (χ0n) is 16.1. The highest BCUT2D eigenvalue weighted by Crippen LogP contribution is 2.35. The quantitative estimate of drug-likeness (QED) is 0.617. The number of thiophene rings is 1. The number of methoxy groups -OCH3 is 1. The maximum atomic E-state index is 12.4. The lowest BCUT2D eigenvalue weighted by molar-refractivity contribution is 0.0463. The Labute approximate surface area is 166 Å². The molecule has 3 rings (SSSR count). The maximum absolute atomic E-state index is 12.4. The van der Waals surface area contributed by atoms with Gasteiger partial charge in [-0.2, -0.15) is 0 Å². The van der Waals surface area contributed by atoms with Gasteiger partial charge in [0.05, 0.1) is 24.7 Å². The van der Waals surface area contributed by atoms with Crippen LogP contribution in [0.25, 0.3) is 10.2 Å². The predicted octanol–water partition coefficient (Wildman–Crippen LogP) is 4.34. The first kappa shape index (κ1) is 19.8. The lowest BCUT2D eigenvalue weighted by Gasteiger charge is -2.09. The van der Waals surface area contributed by atoms with Crippen LogP contribution in [0.4, 0.5) is 11.5 Å². The number of ether oxygens (including phenoxy) is 2. The van der Waals surface area contributed by atoms with E-state index in [0.29, 0.717) is 33.4 Å². The number of rotatable bonds is 6. The van der Waals surface area contributed by atoms with E-state index in [1.807, 2.05) is 26.8 Å². The minimum Gasteiger partial charge on any atom is -0.465 e. The summed E-state index contributed by atoms with van der Waals surface area (Å²) in [6.07, 6.45) is 1.44. The third-order valence-electron chi connectivity index (χ3n) is 4.01. The van der Waals surface area contributed by atoms with Gasteiger partial charge in [-0.3, -0.25) is 0 Å². The SMILES string of the molecule is COC(=O)c1cccc(Nc2ncnc3sc(C(=O)OCC(C)C)c(C)c23)c1. The number of aryl methyl sites for hydroxylation is 1. The second-order valence-electron chi connectivity index (χ2n) is 6.65. The van der Waals surface area contributed by atoms with Gasteiger partial charge >= 0.3 is 11.9 Å². The Kier molecular flexibility index (Phi) is 5.89. The molecule has 0 aliphatic heterocycles. The average Bonchev–Trinajstić information content (AvgIpc) is 3.03. The van der Waals surface area contributed by atoms with Gasteiger partial charge < -0.3 is 14.8 Å². The molecule has 7 nitrogen and oxygen atoms in total. The first-order valence-corrected chi connectivity index (χ1v) is 9.59. The van der Waals surface area contributed by atoms with E-state index >= 15 is 0 Å². The minimum atomic E-state index is -0.418. The normalized spacial score (nSPS) is 10.9. The zero-order chi connectivity index (χ0) is 20.3. The Morgan fingerprint density at radius 1 is 1.21 bits per heavy atom. The molecule has 3 aromatic rings. The smallest absolute Gasteiger partial charge is 0.348 e. The molecule has 0 radical (unpaired) electrons. The molecular formula is C20H21N3O4S. The molecule has 0 bridgehead atoms. The fourth-order valence-corrected chi connectivity index (χ4v) is 3.69. The summed E-state index contributed by atoms with van der Waals surface area (Å²) in [5, 5.41) is 3.96. The van der Waals surface area contributed by atoms with Crippen LogP contribution >= 0.6 is 11.3 Å². The van der Waals surface area contributed by atoms with E-state index in [4.69, 9.17) is 9.47 Å². The summed E-state index contributed by atoms with van der Waals surface area (Å²) in [5.41, 5.74) is 1.87. The molecule has 0 saturated heterocycles. The molecule has 8 heteroatoms. The van der Waals surface area contributed by atoms with Crippen LogP contribution in [-0.2, 0) is 9.47 Å². The average molecular weight is 399 g/mol. The molecule has 0 aliphatic carbocycles. The molecule has 1 aromatic carbocycles. The molecule has 2 heterocycles. The maximum Gasteiger partial charge on any atom is 0.348 e. The van der Waals surface area contributed by atoms with Crippen LogP contribution in [0, 0.1) is 12.8 Å². The van der Waals surface area contributed by atoms with Crippen LogP contribution in [0.3, 0.4) is 0 Å². The summed E-state index contributed by atoms with van der Waals surface area (Å²) < 4.78 is 10.1. The van der Waals surface area contributed by atoms with E-state index in [0.717, 1.165) is 10.9 Å².